The van der Waals surface area contributed by atoms with Gasteiger partial charge in [-0.3, -0.25) is 15.4 Å². The van der Waals surface area contributed by atoms with Gasteiger partial charge in [0.05, 0.1) is 36.7 Å². The van der Waals surface area contributed by atoms with Crippen molar-refractivity contribution in [1.82, 2.24) is 20.4 Å². The molecular weight excluding hydrogens is 312 g/mol. The van der Waals surface area contributed by atoms with Crippen molar-refractivity contribution in [1.29, 1.82) is 0 Å². The predicted octanol–water partition coefficient (Wildman–Crippen LogP) is 3.51. The van der Waals surface area contributed by atoms with Crippen molar-refractivity contribution in [2.75, 3.05) is 19.8 Å². The van der Waals surface area contributed by atoms with Crippen molar-refractivity contribution in [2.45, 2.75) is 45.7 Å². The third kappa shape index (κ3) is 4.06. The molecule has 1 saturated heterocycles. The van der Waals surface area contributed by atoms with Gasteiger partial charge in [-0.1, -0.05) is 25.5 Å². The molecule has 2 aromatic heterocycles. The number of pyridine rings is 2. The number of aryl methyl sites for hydroxylation is 2. The van der Waals surface area contributed by atoms with E-state index in [9.17, 15) is 0 Å². The summed E-state index contributed by atoms with van der Waals surface area (Å²) >= 11 is 0. The molecule has 0 spiro atoms. The van der Waals surface area contributed by atoms with Gasteiger partial charge in [-0.25, -0.2) is 5.01 Å². The van der Waals surface area contributed by atoms with Crippen molar-refractivity contribution < 1.29 is 4.74 Å². The van der Waals surface area contributed by atoms with Gasteiger partial charge in [0.15, 0.2) is 0 Å². The standard InChI is InChI=1S/C20H28N4O/c1-4-5-12-23-24-17(19-15(2)8-6-10-21-19)13-25-14-18(24)20-16(3)9-7-11-22-20/h6-11,17-18,23H,4-5,12-14H2,1-3H3. The van der Waals surface area contributed by atoms with E-state index in [4.69, 9.17) is 4.74 Å². The number of hydrogen-bond acceptors (Lipinski definition) is 5. The zero-order chi connectivity index (χ0) is 17.6. The second-order valence-corrected chi connectivity index (χ2v) is 6.65. The number of unbranched alkanes of at least 4 members (excludes halogenated alkanes) is 1. The van der Waals surface area contributed by atoms with E-state index < -0.39 is 0 Å². The maximum atomic E-state index is 5.99. The van der Waals surface area contributed by atoms with E-state index in [1.165, 1.54) is 11.1 Å². The summed E-state index contributed by atoms with van der Waals surface area (Å²) in [5, 5.41) is 2.32. The summed E-state index contributed by atoms with van der Waals surface area (Å²) in [4.78, 5) is 9.30. The smallest absolute Gasteiger partial charge is 0.0909 e. The number of aromatic nitrogens is 2. The van der Waals surface area contributed by atoms with E-state index >= 15 is 0 Å². The molecule has 25 heavy (non-hydrogen) atoms. The number of ether oxygens (including phenoxy) is 1. The summed E-state index contributed by atoms with van der Waals surface area (Å²) in [6.45, 7) is 8.66. The van der Waals surface area contributed by atoms with Gasteiger partial charge < -0.3 is 4.74 Å². The Bertz CT molecular complexity index is 637. The first-order valence-electron chi connectivity index (χ1n) is 9.15. The van der Waals surface area contributed by atoms with Gasteiger partial charge in [-0.05, 0) is 43.5 Å². The molecule has 0 amide bonds. The van der Waals surface area contributed by atoms with Crippen LogP contribution in [0.2, 0.25) is 0 Å². The number of morpholine rings is 1. The highest BCUT2D eigenvalue weighted by molar-refractivity contribution is 5.25. The normalized spacial score (nSPS) is 21.4. The molecule has 0 saturated carbocycles. The maximum absolute atomic E-state index is 5.99. The van der Waals surface area contributed by atoms with Crippen LogP contribution in [-0.4, -0.2) is 34.7 Å². The molecule has 3 heterocycles. The molecule has 2 aromatic rings. The second kappa shape index (κ2) is 8.52. The summed E-state index contributed by atoms with van der Waals surface area (Å²) in [5.41, 5.74) is 8.18. The van der Waals surface area contributed by atoms with Gasteiger partial charge in [-0.2, -0.15) is 0 Å². The van der Waals surface area contributed by atoms with Crippen molar-refractivity contribution >= 4 is 0 Å². The first kappa shape index (κ1) is 18.0. The van der Waals surface area contributed by atoms with Crippen LogP contribution in [0.4, 0.5) is 0 Å². The minimum Gasteiger partial charge on any atom is -0.377 e. The van der Waals surface area contributed by atoms with E-state index in [1.54, 1.807) is 0 Å². The van der Waals surface area contributed by atoms with E-state index in [0.29, 0.717) is 13.2 Å². The number of rotatable bonds is 6. The number of nitrogens with zero attached hydrogens (tertiary/aromatic N) is 3. The molecule has 1 N–H and O–H groups in total. The monoisotopic (exact) mass is 340 g/mol. The van der Waals surface area contributed by atoms with Crippen molar-refractivity contribution in [3.63, 3.8) is 0 Å². The van der Waals surface area contributed by atoms with Gasteiger partial charge in [0.25, 0.3) is 0 Å². The fourth-order valence-corrected chi connectivity index (χ4v) is 3.39. The lowest BCUT2D eigenvalue weighted by Crippen LogP contribution is -2.51. The zero-order valence-corrected chi connectivity index (χ0v) is 15.4. The van der Waals surface area contributed by atoms with E-state index in [1.807, 2.05) is 24.5 Å². The Morgan fingerprint density at radius 3 is 2.08 bits per heavy atom. The topological polar surface area (TPSA) is 50.3 Å². The lowest BCUT2D eigenvalue weighted by atomic mass is 10.0. The molecule has 0 aliphatic carbocycles. The minimum atomic E-state index is 0.0817. The molecule has 2 atom stereocenters. The van der Waals surface area contributed by atoms with Crippen LogP contribution in [0.5, 0.6) is 0 Å². The van der Waals surface area contributed by atoms with Crippen LogP contribution in [0.3, 0.4) is 0 Å². The number of hydrogen-bond donors (Lipinski definition) is 1. The van der Waals surface area contributed by atoms with Gasteiger partial charge in [0.1, 0.15) is 0 Å². The maximum Gasteiger partial charge on any atom is 0.0909 e. The highest BCUT2D eigenvalue weighted by Gasteiger charge is 2.36. The Labute approximate surface area is 150 Å². The first-order valence-corrected chi connectivity index (χ1v) is 9.15. The third-order valence-corrected chi connectivity index (χ3v) is 4.78. The van der Waals surface area contributed by atoms with Crippen LogP contribution in [0.15, 0.2) is 36.7 Å². The Kier molecular flexibility index (Phi) is 6.13. The summed E-state index contributed by atoms with van der Waals surface area (Å²) < 4.78 is 5.99. The third-order valence-electron chi connectivity index (χ3n) is 4.78. The van der Waals surface area contributed by atoms with Crippen LogP contribution in [0, 0.1) is 13.8 Å². The van der Waals surface area contributed by atoms with Crippen molar-refractivity contribution in [3.05, 3.63) is 59.2 Å². The van der Waals surface area contributed by atoms with Crippen LogP contribution in [0.25, 0.3) is 0 Å². The van der Waals surface area contributed by atoms with Crippen LogP contribution in [0.1, 0.15) is 54.4 Å². The quantitative estimate of drug-likeness (QED) is 0.816. The Morgan fingerprint density at radius 1 is 1.04 bits per heavy atom. The Balaban J connectivity index is 1.94. The average molecular weight is 340 g/mol. The molecule has 5 heteroatoms. The largest absolute Gasteiger partial charge is 0.377 e. The summed E-state index contributed by atoms with van der Waals surface area (Å²) in [5.74, 6) is 0. The molecule has 1 aliphatic rings. The molecule has 2 unspecified atom stereocenters. The van der Waals surface area contributed by atoms with Crippen LogP contribution >= 0.6 is 0 Å². The highest BCUT2D eigenvalue weighted by atomic mass is 16.5. The average Bonchev–Trinajstić information content (AvgIpc) is 2.63. The predicted molar refractivity (Wildman–Crippen MR) is 99.0 cm³/mol. The fraction of sp³-hybridized carbons (Fsp3) is 0.500. The minimum absolute atomic E-state index is 0.0817. The molecule has 0 bridgehead atoms. The van der Waals surface area contributed by atoms with Gasteiger partial charge in [0, 0.05) is 18.9 Å². The number of hydrazine groups is 1. The lowest BCUT2D eigenvalue weighted by Gasteiger charge is -2.42. The van der Waals surface area contributed by atoms with Crippen molar-refractivity contribution in [3.8, 4) is 0 Å². The van der Waals surface area contributed by atoms with Gasteiger partial charge in [-0.15, -0.1) is 0 Å². The molecule has 0 aromatic carbocycles. The molecule has 0 radical (unpaired) electrons. The van der Waals surface area contributed by atoms with E-state index in [-0.39, 0.29) is 12.1 Å². The zero-order valence-electron chi connectivity index (χ0n) is 15.4. The lowest BCUT2D eigenvalue weighted by molar-refractivity contribution is -0.0832. The van der Waals surface area contributed by atoms with Gasteiger partial charge in [0.2, 0.25) is 0 Å². The van der Waals surface area contributed by atoms with Crippen LogP contribution < -0.4 is 5.43 Å². The SMILES string of the molecule is CCCCNN1C(c2ncccc2C)COCC1c1ncccc1C. The summed E-state index contributed by atoms with van der Waals surface area (Å²) in [7, 11) is 0. The first-order chi connectivity index (χ1) is 12.2. The molecule has 134 valence electrons. The highest BCUT2D eigenvalue weighted by Crippen LogP contribution is 2.34. The summed E-state index contributed by atoms with van der Waals surface area (Å²) in [6, 6.07) is 8.36. The van der Waals surface area contributed by atoms with E-state index in [0.717, 1.165) is 30.8 Å². The molecule has 3 rings (SSSR count). The number of nitrogens with one attached hydrogen (secondary N) is 1. The molecule has 1 aliphatic heterocycles. The second-order valence-electron chi connectivity index (χ2n) is 6.65. The summed E-state index contributed by atoms with van der Waals surface area (Å²) in [6.07, 6.45) is 6.03. The Hall–Kier alpha value is -1.82. The molecular formula is C20H28N4O. The fourth-order valence-electron chi connectivity index (χ4n) is 3.39. The van der Waals surface area contributed by atoms with Crippen LogP contribution in [-0.2, 0) is 4.74 Å². The van der Waals surface area contributed by atoms with Gasteiger partial charge >= 0.3 is 0 Å². The van der Waals surface area contributed by atoms with E-state index in [2.05, 4.69) is 53.3 Å². The molecule has 1 fully saturated rings. The Morgan fingerprint density at radius 2 is 1.60 bits per heavy atom. The molecule has 5 nitrogen and oxygen atoms in total. The van der Waals surface area contributed by atoms with Crippen molar-refractivity contribution in [2.24, 2.45) is 0 Å².